The molecule has 1 aromatic heterocycles. The van der Waals surface area contributed by atoms with E-state index < -0.39 is 0 Å². The number of rotatable bonds is 6. The molecule has 0 aliphatic rings. The smallest absolute Gasteiger partial charge is 0.271 e. The Balaban J connectivity index is 2.14. The van der Waals surface area contributed by atoms with Crippen LogP contribution in [0.3, 0.4) is 0 Å². The average Bonchev–Trinajstić information content (AvgIpc) is 2.80. The topological polar surface area (TPSA) is 56.0 Å². The van der Waals surface area contributed by atoms with Crippen LogP contribution in [0.2, 0.25) is 0 Å². The molecule has 0 fully saturated rings. The second-order valence-electron chi connectivity index (χ2n) is 5.55. The zero-order valence-corrected chi connectivity index (χ0v) is 13.4. The van der Waals surface area contributed by atoms with E-state index in [2.05, 4.69) is 12.2 Å². The molecule has 5 nitrogen and oxygen atoms in total. The molecule has 1 heterocycles. The van der Waals surface area contributed by atoms with Crippen molar-refractivity contribution < 1.29 is 4.79 Å². The van der Waals surface area contributed by atoms with Crippen molar-refractivity contribution in [2.75, 3.05) is 0 Å². The van der Waals surface area contributed by atoms with Gasteiger partial charge in [0.2, 0.25) is 5.91 Å². The molecule has 1 amide bonds. The Labute approximate surface area is 130 Å². The monoisotopic (exact) mass is 301 g/mol. The Kier molecular flexibility index (Phi) is 5.20. The first-order valence-electron chi connectivity index (χ1n) is 7.65. The molecular weight excluding hydrogens is 278 g/mol. The molecule has 118 valence electrons. The molecule has 1 N–H and O–H groups in total. The van der Waals surface area contributed by atoms with Gasteiger partial charge in [-0.05, 0) is 18.6 Å². The Morgan fingerprint density at radius 2 is 1.95 bits per heavy atom. The van der Waals surface area contributed by atoms with Gasteiger partial charge in [0, 0.05) is 19.0 Å². The first-order valence-corrected chi connectivity index (χ1v) is 7.65. The fraction of sp³-hybridized carbons (Fsp3) is 0.412. The lowest BCUT2D eigenvalue weighted by molar-refractivity contribution is -0.124. The van der Waals surface area contributed by atoms with Crippen molar-refractivity contribution in [2.24, 2.45) is 13.0 Å². The minimum Gasteiger partial charge on any atom is -0.350 e. The van der Waals surface area contributed by atoms with Crippen molar-refractivity contribution >= 4 is 5.91 Å². The summed E-state index contributed by atoms with van der Waals surface area (Å²) in [6.45, 7) is 4.35. The van der Waals surface area contributed by atoms with Crippen molar-refractivity contribution in [3.63, 3.8) is 0 Å². The van der Waals surface area contributed by atoms with Crippen molar-refractivity contribution in [2.45, 2.75) is 33.2 Å². The van der Waals surface area contributed by atoms with Crippen LogP contribution in [0.4, 0.5) is 0 Å². The first-order chi connectivity index (χ1) is 10.5. The van der Waals surface area contributed by atoms with E-state index >= 15 is 0 Å². The van der Waals surface area contributed by atoms with Gasteiger partial charge in [-0.25, -0.2) is 4.68 Å². The third-order valence-corrected chi connectivity index (χ3v) is 3.83. The fourth-order valence-corrected chi connectivity index (χ4v) is 2.52. The van der Waals surface area contributed by atoms with Crippen molar-refractivity contribution in [1.29, 1.82) is 0 Å². The molecule has 1 aromatic carbocycles. The summed E-state index contributed by atoms with van der Waals surface area (Å²) in [7, 11) is 1.82. The molecule has 5 heteroatoms. The van der Waals surface area contributed by atoms with E-state index in [-0.39, 0.29) is 17.4 Å². The van der Waals surface area contributed by atoms with E-state index in [0.717, 1.165) is 24.2 Å². The highest BCUT2D eigenvalue weighted by molar-refractivity contribution is 5.78. The van der Waals surface area contributed by atoms with Crippen molar-refractivity contribution in [3.05, 3.63) is 52.4 Å². The van der Waals surface area contributed by atoms with Gasteiger partial charge in [0.25, 0.3) is 5.56 Å². The van der Waals surface area contributed by atoms with E-state index in [1.165, 1.54) is 0 Å². The maximum absolute atomic E-state index is 12.2. The summed E-state index contributed by atoms with van der Waals surface area (Å²) in [5.41, 5.74) is 1.50. The number of benzene rings is 1. The van der Waals surface area contributed by atoms with Crippen LogP contribution in [0.5, 0.6) is 0 Å². The van der Waals surface area contributed by atoms with E-state index in [0.29, 0.717) is 6.54 Å². The Morgan fingerprint density at radius 3 is 2.59 bits per heavy atom. The van der Waals surface area contributed by atoms with Crippen LogP contribution in [0, 0.1) is 5.92 Å². The SMILES string of the molecule is CCCC(C)C(=O)NCc1cc(=O)n(-c2ccccc2)n1C. The predicted octanol–water partition coefficient (Wildman–Crippen LogP) is 2.23. The van der Waals surface area contributed by atoms with Crippen LogP contribution >= 0.6 is 0 Å². The molecule has 0 spiro atoms. The molecular formula is C17H23N3O2. The lowest BCUT2D eigenvalue weighted by Crippen LogP contribution is -2.29. The molecule has 1 unspecified atom stereocenters. The van der Waals surface area contributed by atoms with Crippen LogP contribution in [0.1, 0.15) is 32.4 Å². The van der Waals surface area contributed by atoms with Gasteiger partial charge in [0.15, 0.2) is 0 Å². The first kappa shape index (κ1) is 16.1. The van der Waals surface area contributed by atoms with Crippen molar-refractivity contribution in [1.82, 2.24) is 14.7 Å². The number of aromatic nitrogens is 2. The predicted molar refractivity (Wildman–Crippen MR) is 86.9 cm³/mol. The molecule has 2 aromatic rings. The van der Waals surface area contributed by atoms with Crippen LogP contribution in [0.15, 0.2) is 41.2 Å². The molecule has 0 bridgehead atoms. The molecule has 2 rings (SSSR count). The summed E-state index contributed by atoms with van der Waals surface area (Å²) in [6, 6.07) is 11.0. The zero-order valence-electron chi connectivity index (χ0n) is 13.4. The summed E-state index contributed by atoms with van der Waals surface area (Å²) in [5.74, 6) is 0.0278. The highest BCUT2D eigenvalue weighted by Gasteiger charge is 2.14. The summed E-state index contributed by atoms with van der Waals surface area (Å²) < 4.78 is 3.37. The summed E-state index contributed by atoms with van der Waals surface area (Å²) in [4.78, 5) is 24.1. The highest BCUT2D eigenvalue weighted by Crippen LogP contribution is 2.08. The van der Waals surface area contributed by atoms with Gasteiger partial charge in [0.1, 0.15) is 0 Å². The largest absolute Gasteiger partial charge is 0.350 e. The number of hydrogen-bond donors (Lipinski definition) is 1. The van der Waals surface area contributed by atoms with Gasteiger partial charge >= 0.3 is 0 Å². The molecule has 0 aliphatic carbocycles. The summed E-state index contributed by atoms with van der Waals surface area (Å²) in [5, 5.41) is 2.90. The Hall–Kier alpha value is -2.30. The minimum absolute atomic E-state index is 0.00163. The van der Waals surface area contributed by atoms with Crippen LogP contribution in [-0.2, 0) is 18.4 Å². The molecule has 0 aliphatic heterocycles. The third kappa shape index (κ3) is 3.47. The normalized spacial score (nSPS) is 12.1. The van der Waals surface area contributed by atoms with Gasteiger partial charge < -0.3 is 5.32 Å². The van der Waals surface area contributed by atoms with Crippen LogP contribution in [-0.4, -0.2) is 15.3 Å². The van der Waals surface area contributed by atoms with E-state index in [9.17, 15) is 9.59 Å². The van der Waals surface area contributed by atoms with E-state index in [4.69, 9.17) is 0 Å². The van der Waals surface area contributed by atoms with Gasteiger partial charge in [-0.15, -0.1) is 0 Å². The number of para-hydroxylation sites is 1. The van der Waals surface area contributed by atoms with Gasteiger partial charge in [-0.3, -0.25) is 14.3 Å². The standard InChI is InChI=1S/C17H23N3O2/c1-4-8-13(2)17(22)18-12-15-11-16(21)20(19(15)3)14-9-6-5-7-10-14/h5-7,9-11,13H,4,8,12H2,1-3H3,(H,18,22). The number of carbonyl (C=O) groups excluding carboxylic acids is 1. The second kappa shape index (κ2) is 7.11. The second-order valence-corrected chi connectivity index (χ2v) is 5.55. The van der Waals surface area contributed by atoms with Gasteiger partial charge in [-0.2, -0.15) is 0 Å². The summed E-state index contributed by atoms with van der Waals surface area (Å²) >= 11 is 0. The molecule has 1 atom stereocenters. The number of hydrogen-bond acceptors (Lipinski definition) is 2. The minimum atomic E-state index is -0.0976. The lowest BCUT2D eigenvalue weighted by Gasteiger charge is -2.13. The molecule has 0 radical (unpaired) electrons. The fourth-order valence-electron chi connectivity index (χ4n) is 2.52. The summed E-state index contributed by atoms with van der Waals surface area (Å²) in [6.07, 6.45) is 1.85. The van der Waals surface area contributed by atoms with Crippen molar-refractivity contribution in [3.8, 4) is 5.69 Å². The van der Waals surface area contributed by atoms with E-state index in [1.54, 1.807) is 15.4 Å². The number of amides is 1. The zero-order chi connectivity index (χ0) is 16.1. The Morgan fingerprint density at radius 1 is 1.27 bits per heavy atom. The van der Waals surface area contributed by atoms with E-state index in [1.807, 2.05) is 44.3 Å². The lowest BCUT2D eigenvalue weighted by atomic mass is 10.1. The quantitative estimate of drug-likeness (QED) is 0.889. The number of nitrogens with one attached hydrogen (secondary N) is 1. The van der Waals surface area contributed by atoms with Gasteiger partial charge in [-0.1, -0.05) is 38.5 Å². The number of carbonyl (C=O) groups is 1. The Bertz CT molecular complexity index is 686. The molecule has 0 saturated heterocycles. The van der Waals surface area contributed by atoms with Crippen LogP contribution < -0.4 is 10.9 Å². The third-order valence-electron chi connectivity index (χ3n) is 3.83. The molecule has 0 saturated carbocycles. The van der Waals surface area contributed by atoms with Crippen LogP contribution in [0.25, 0.3) is 5.69 Å². The van der Waals surface area contributed by atoms with Gasteiger partial charge in [0.05, 0.1) is 17.9 Å². The maximum Gasteiger partial charge on any atom is 0.271 e. The highest BCUT2D eigenvalue weighted by atomic mass is 16.2. The number of nitrogens with zero attached hydrogens (tertiary/aromatic N) is 2. The average molecular weight is 301 g/mol. The maximum atomic E-state index is 12.2. The molecule has 22 heavy (non-hydrogen) atoms.